The van der Waals surface area contributed by atoms with Gasteiger partial charge in [-0.15, -0.1) is 0 Å². The highest BCUT2D eigenvalue weighted by Gasteiger charge is 2.32. The Labute approximate surface area is 156 Å². The van der Waals surface area contributed by atoms with E-state index >= 15 is 0 Å². The molecule has 1 fully saturated rings. The first-order chi connectivity index (χ1) is 12.7. The van der Waals surface area contributed by atoms with Crippen LogP contribution in [0.4, 0.5) is 19.0 Å². The Kier molecular flexibility index (Phi) is 5.71. The van der Waals surface area contributed by atoms with E-state index in [0.29, 0.717) is 31.7 Å². The van der Waals surface area contributed by atoms with Crippen molar-refractivity contribution in [2.24, 2.45) is 0 Å². The molecule has 0 radical (unpaired) electrons. The van der Waals surface area contributed by atoms with Gasteiger partial charge in [0.05, 0.1) is 11.3 Å². The van der Waals surface area contributed by atoms with Gasteiger partial charge in [-0.2, -0.15) is 13.2 Å². The zero-order valence-corrected chi connectivity index (χ0v) is 15.3. The molecular formula is C18H20F3N3O2S. The summed E-state index contributed by atoms with van der Waals surface area (Å²) in [5, 5.41) is 0. The molecule has 0 spiro atoms. The van der Waals surface area contributed by atoms with Gasteiger partial charge in [-0.1, -0.05) is 30.3 Å². The highest BCUT2D eigenvalue weighted by Crippen LogP contribution is 2.29. The summed E-state index contributed by atoms with van der Waals surface area (Å²) >= 11 is 0. The fourth-order valence-corrected chi connectivity index (χ4v) is 4.34. The van der Waals surface area contributed by atoms with Crippen LogP contribution in [0.5, 0.6) is 0 Å². The molecule has 2 heterocycles. The number of sulfonamides is 1. The third-order valence-corrected chi connectivity index (χ3v) is 5.87. The van der Waals surface area contributed by atoms with Crippen molar-refractivity contribution in [1.29, 1.82) is 0 Å². The average molecular weight is 399 g/mol. The van der Waals surface area contributed by atoms with Crippen LogP contribution in [0.15, 0.2) is 48.7 Å². The van der Waals surface area contributed by atoms with Crippen molar-refractivity contribution in [1.82, 2.24) is 9.71 Å². The number of hydrogen-bond donors (Lipinski definition) is 1. The van der Waals surface area contributed by atoms with Gasteiger partial charge in [0.1, 0.15) is 5.82 Å². The Morgan fingerprint density at radius 2 is 1.89 bits per heavy atom. The molecule has 5 nitrogen and oxygen atoms in total. The summed E-state index contributed by atoms with van der Waals surface area (Å²) in [5.41, 5.74) is 0.147. The zero-order chi connectivity index (χ0) is 19.5. The molecule has 1 aromatic carbocycles. The molecule has 0 aliphatic carbocycles. The largest absolute Gasteiger partial charge is 0.417 e. The number of alkyl halides is 3. The van der Waals surface area contributed by atoms with E-state index in [2.05, 4.69) is 9.71 Å². The number of aryl methyl sites for hydroxylation is 1. The number of hydrogen-bond acceptors (Lipinski definition) is 4. The van der Waals surface area contributed by atoms with E-state index in [0.717, 1.165) is 17.8 Å². The van der Waals surface area contributed by atoms with Crippen LogP contribution in [0.2, 0.25) is 0 Å². The third kappa shape index (κ3) is 5.43. The molecule has 1 N–H and O–H groups in total. The van der Waals surface area contributed by atoms with Crippen molar-refractivity contribution in [3.63, 3.8) is 0 Å². The maximum atomic E-state index is 12.6. The summed E-state index contributed by atoms with van der Waals surface area (Å²) in [6.45, 7) is 0.910. The van der Waals surface area contributed by atoms with Gasteiger partial charge in [0.2, 0.25) is 10.0 Å². The lowest BCUT2D eigenvalue weighted by molar-refractivity contribution is -0.137. The van der Waals surface area contributed by atoms with Gasteiger partial charge in [-0.3, -0.25) is 0 Å². The Balaban J connectivity index is 1.54. The second-order valence-electron chi connectivity index (χ2n) is 6.51. The smallest absolute Gasteiger partial charge is 0.355 e. The van der Waals surface area contributed by atoms with Crippen molar-refractivity contribution in [2.45, 2.75) is 25.1 Å². The van der Waals surface area contributed by atoms with E-state index in [4.69, 9.17) is 0 Å². The van der Waals surface area contributed by atoms with Gasteiger partial charge in [0.25, 0.3) is 0 Å². The Morgan fingerprint density at radius 3 is 2.52 bits per heavy atom. The lowest BCUT2D eigenvalue weighted by Gasteiger charge is -2.18. The minimum absolute atomic E-state index is 0.00789. The predicted octanol–water partition coefficient (Wildman–Crippen LogP) is 2.84. The number of pyridine rings is 1. The monoisotopic (exact) mass is 399 g/mol. The minimum atomic E-state index is -4.42. The molecule has 0 bridgehead atoms. The molecule has 1 unspecified atom stereocenters. The minimum Gasteiger partial charge on any atom is -0.355 e. The van der Waals surface area contributed by atoms with E-state index in [1.807, 2.05) is 30.3 Å². The van der Waals surface area contributed by atoms with Crippen LogP contribution in [0.3, 0.4) is 0 Å². The van der Waals surface area contributed by atoms with Crippen LogP contribution in [0.25, 0.3) is 0 Å². The number of rotatable bonds is 6. The molecule has 1 saturated heterocycles. The van der Waals surface area contributed by atoms with E-state index in [-0.39, 0.29) is 11.8 Å². The third-order valence-electron chi connectivity index (χ3n) is 4.44. The van der Waals surface area contributed by atoms with Crippen molar-refractivity contribution in [3.05, 3.63) is 59.8 Å². The maximum absolute atomic E-state index is 12.6. The molecule has 0 amide bonds. The van der Waals surface area contributed by atoms with Crippen molar-refractivity contribution >= 4 is 15.8 Å². The molecule has 1 aromatic heterocycles. The predicted molar refractivity (Wildman–Crippen MR) is 96.9 cm³/mol. The fourth-order valence-electron chi connectivity index (χ4n) is 3.02. The molecule has 0 saturated carbocycles. The first-order valence-electron chi connectivity index (χ1n) is 8.55. The fraction of sp³-hybridized carbons (Fsp3) is 0.389. The second-order valence-corrected chi connectivity index (χ2v) is 8.38. The number of aromatic nitrogens is 1. The first kappa shape index (κ1) is 19.6. The molecule has 2 aromatic rings. The van der Waals surface area contributed by atoms with Crippen LogP contribution in [-0.4, -0.2) is 38.3 Å². The number of anilines is 1. The average Bonchev–Trinajstić information content (AvgIpc) is 3.08. The van der Waals surface area contributed by atoms with Gasteiger partial charge in [0, 0.05) is 25.3 Å². The van der Waals surface area contributed by atoms with Crippen molar-refractivity contribution in [2.75, 3.05) is 23.7 Å². The van der Waals surface area contributed by atoms with Crippen LogP contribution < -0.4 is 9.62 Å². The molecule has 27 heavy (non-hydrogen) atoms. The molecular weight excluding hydrogens is 379 g/mol. The number of benzene rings is 1. The Bertz CT molecular complexity index is 856. The molecule has 1 aliphatic rings. The van der Waals surface area contributed by atoms with Crippen molar-refractivity contribution < 1.29 is 21.6 Å². The molecule has 3 rings (SSSR count). The lowest BCUT2D eigenvalue weighted by Crippen LogP contribution is -2.38. The Morgan fingerprint density at radius 1 is 1.15 bits per heavy atom. The molecule has 9 heteroatoms. The standard InChI is InChI=1S/C18H20F3N3O2S/c19-18(20,21)15-6-7-17(22-12-15)24-10-8-16(13-24)23-27(25,26)11-9-14-4-2-1-3-5-14/h1-7,12,16,23H,8-11,13H2. The molecule has 1 aliphatic heterocycles. The van der Waals surface area contributed by atoms with E-state index in [1.54, 1.807) is 4.90 Å². The van der Waals surface area contributed by atoms with Crippen LogP contribution in [-0.2, 0) is 22.6 Å². The summed E-state index contributed by atoms with van der Waals surface area (Å²) in [6.07, 6.45) is -2.62. The van der Waals surface area contributed by atoms with E-state index in [1.165, 1.54) is 6.07 Å². The normalized spacial score (nSPS) is 18.0. The quantitative estimate of drug-likeness (QED) is 0.812. The summed E-state index contributed by atoms with van der Waals surface area (Å²) in [6, 6.07) is 11.4. The SMILES string of the molecule is O=S(=O)(CCc1ccccc1)NC1CCN(c2ccc(C(F)(F)F)cn2)C1. The van der Waals surface area contributed by atoms with E-state index in [9.17, 15) is 21.6 Å². The van der Waals surface area contributed by atoms with Gasteiger partial charge in [-0.25, -0.2) is 18.1 Å². The summed E-state index contributed by atoms with van der Waals surface area (Å²) < 4.78 is 65.1. The van der Waals surface area contributed by atoms with Gasteiger partial charge >= 0.3 is 6.18 Å². The van der Waals surface area contributed by atoms with Gasteiger partial charge in [-0.05, 0) is 30.5 Å². The van der Waals surface area contributed by atoms with E-state index < -0.39 is 21.8 Å². The highest BCUT2D eigenvalue weighted by molar-refractivity contribution is 7.89. The lowest BCUT2D eigenvalue weighted by atomic mass is 10.2. The first-order valence-corrected chi connectivity index (χ1v) is 10.2. The second kappa shape index (κ2) is 7.85. The van der Waals surface area contributed by atoms with Crippen LogP contribution >= 0.6 is 0 Å². The molecule has 146 valence electrons. The summed E-state index contributed by atoms with van der Waals surface area (Å²) in [5.74, 6) is 0.403. The number of nitrogens with one attached hydrogen (secondary N) is 1. The summed E-state index contributed by atoms with van der Waals surface area (Å²) in [7, 11) is -3.44. The maximum Gasteiger partial charge on any atom is 0.417 e. The van der Waals surface area contributed by atoms with Gasteiger partial charge in [0.15, 0.2) is 0 Å². The van der Waals surface area contributed by atoms with Gasteiger partial charge < -0.3 is 4.90 Å². The number of halogens is 3. The summed E-state index contributed by atoms with van der Waals surface area (Å²) in [4.78, 5) is 5.65. The van der Waals surface area contributed by atoms with Crippen LogP contribution in [0.1, 0.15) is 17.5 Å². The number of nitrogens with zero attached hydrogens (tertiary/aromatic N) is 2. The molecule has 1 atom stereocenters. The zero-order valence-electron chi connectivity index (χ0n) is 14.5. The van der Waals surface area contributed by atoms with Crippen molar-refractivity contribution in [3.8, 4) is 0 Å². The highest BCUT2D eigenvalue weighted by atomic mass is 32.2. The van der Waals surface area contributed by atoms with Crippen LogP contribution in [0, 0.1) is 0 Å². The topological polar surface area (TPSA) is 62.3 Å². The Hall–Kier alpha value is -2.13.